The zero-order valence-corrected chi connectivity index (χ0v) is 12.9. The topological polar surface area (TPSA) is 70.6 Å². The summed E-state index contributed by atoms with van der Waals surface area (Å²) in [6.07, 6.45) is -2.18. The Kier molecular flexibility index (Phi) is 6.02. The zero-order chi connectivity index (χ0) is 18.3. The second-order valence-electron chi connectivity index (χ2n) is 4.91. The molecule has 0 atom stereocenters. The largest absolute Gasteiger partial charge is 0.573 e. The van der Waals surface area contributed by atoms with E-state index >= 15 is 0 Å². The summed E-state index contributed by atoms with van der Waals surface area (Å²) in [5, 5.41) is 11.5. The maximum absolute atomic E-state index is 12.4. The van der Waals surface area contributed by atoms with E-state index in [-0.39, 0.29) is 12.3 Å². The first kappa shape index (κ1) is 18.3. The van der Waals surface area contributed by atoms with Gasteiger partial charge in [-0.2, -0.15) is 0 Å². The predicted molar refractivity (Wildman–Crippen MR) is 85.9 cm³/mol. The standard InChI is InChI=1S/C17H15F3N2O3/c18-17(19,20)25-15-8-4-2-6-13(15)11-21-14-7-3-1-5-12(14)9-10-16(23)22-24/h1-10,21,24H,11H2,(H,22,23). The number of nitrogens with one attached hydrogen (secondary N) is 2. The molecule has 2 aromatic rings. The normalized spacial score (nSPS) is 11.4. The molecule has 2 rings (SSSR count). The molecule has 0 heterocycles. The van der Waals surface area contributed by atoms with Crippen molar-refractivity contribution in [3.63, 3.8) is 0 Å². The summed E-state index contributed by atoms with van der Waals surface area (Å²) in [7, 11) is 0. The highest BCUT2D eigenvalue weighted by molar-refractivity contribution is 5.91. The Labute approximate surface area is 141 Å². The minimum absolute atomic E-state index is 0.0866. The summed E-state index contributed by atoms with van der Waals surface area (Å²) in [5.74, 6) is -0.978. The van der Waals surface area contributed by atoms with Crippen molar-refractivity contribution in [1.82, 2.24) is 5.48 Å². The van der Waals surface area contributed by atoms with Crippen LogP contribution in [0.4, 0.5) is 18.9 Å². The van der Waals surface area contributed by atoms with E-state index in [0.717, 1.165) is 6.08 Å². The third-order valence-electron chi connectivity index (χ3n) is 3.15. The average Bonchev–Trinajstić information content (AvgIpc) is 2.58. The molecule has 0 aliphatic carbocycles. The van der Waals surface area contributed by atoms with Gasteiger partial charge in [0, 0.05) is 23.9 Å². The monoisotopic (exact) mass is 352 g/mol. The van der Waals surface area contributed by atoms with Crippen LogP contribution in [0.5, 0.6) is 5.75 Å². The maximum Gasteiger partial charge on any atom is 0.573 e. The molecule has 3 N–H and O–H groups in total. The van der Waals surface area contributed by atoms with Crippen molar-refractivity contribution in [2.75, 3.05) is 5.32 Å². The van der Waals surface area contributed by atoms with Crippen molar-refractivity contribution in [1.29, 1.82) is 0 Å². The number of carbonyl (C=O) groups excluding carboxylic acids is 1. The van der Waals surface area contributed by atoms with Crippen LogP contribution in [-0.4, -0.2) is 17.5 Å². The van der Waals surface area contributed by atoms with Crippen molar-refractivity contribution in [3.05, 3.63) is 65.7 Å². The molecule has 5 nitrogen and oxygen atoms in total. The summed E-state index contributed by atoms with van der Waals surface area (Å²) in [4.78, 5) is 11.1. The molecule has 0 fully saturated rings. The number of rotatable bonds is 6. The van der Waals surface area contributed by atoms with E-state index in [0.29, 0.717) is 16.8 Å². The van der Waals surface area contributed by atoms with Gasteiger partial charge in [-0.05, 0) is 23.8 Å². The number of hydrogen-bond donors (Lipinski definition) is 3. The molecule has 0 bridgehead atoms. The fourth-order valence-electron chi connectivity index (χ4n) is 2.07. The molecule has 0 saturated heterocycles. The quantitative estimate of drug-likeness (QED) is 0.421. The van der Waals surface area contributed by atoms with Gasteiger partial charge in [0.1, 0.15) is 5.75 Å². The number of alkyl halides is 3. The highest BCUT2D eigenvalue weighted by Crippen LogP contribution is 2.27. The van der Waals surface area contributed by atoms with E-state index in [1.807, 2.05) is 0 Å². The number of carbonyl (C=O) groups is 1. The summed E-state index contributed by atoms with van der Waals surface area (Å²) < 4.78 is 41.4. The Morgan fingerprint density at radius 3 is 2.52 bits per heavy atom. The molecule has 0 spiro atoms. The maximum atomic E-state index is 12.4. The van der Waals surface area contributed by atoms with Gasteiger partial charge in [-0.3, -0.25) is 10.0 Å². The second-order valence-corrected chi connectivity index (χ2v) is 4.91. The van der Waals surface area contributed by atoms with Gasteiger partial charge < -0.3 is 10.1 Å². The van der Waals surface area contributed by atoms with Crippen molar-refractivity contribution in [3.8, 4) is 5.75 Å². The Balaban J connectivity index is 2.15. The molecule has 0 radical (unpaired) electrons. The molecule has 25 heavy (non-hydrogen) atoms. The van der Waals surface area contributed by atoms with Crippen LogP contribution in [0.2, 0.25) is 0 Å². The van der Waals surface area contributed by atoms with Crippen molar-refractivity contribution in [2.24, 2.45) is 0 Å². The van der Waals surface area contributed by atoms with E-state index in [1.165, 1.54) is 29.8 Å². The Morgan fingerprint density at radius 1 is 1.12 bits per heavy atom. The first-order valence-electron chi connectivity index (χ1n) is 7.18. The molecule has 0 aromatic heterocycles. The molecule has 8 heteroatoms. The van der Waals surface area contributed by atoms with Crippen LogP contribution >= 0.6 is 0 Å². The van der Waals surface area contributed by atoms with Gasteiger partial charge in [-0.1, -0.05) is 36.4 Å². The van der Waals surface area contributed by atoms with Gasteiger partial charge in [-0.25, -0.2) is 5.48 Å². The smallest absolute Gasteiger partial charge is 0.405 e. The third-order valence-corrected chi connectivity index (χ3v) is 3.15. The lowest BCUT2D eigenvalue weighted by molar-refractivity contribution is -0.274. The van der Waals surface area contributed by atoms with Crippen LogP contribution in [0.15, 0.2) is 54.6 Å². The van der Waals surface area contributed by atoms with Crippen molar-refractivity contribution in [2.45, 2.75) is 12.9 Å². The van der Waals surface area contributed by atoms with Gasteiger partial charge in [0.05, 0.1) is 0 Å². The van der Waals surface area contributed by atoms with Crippen LogP contribution in [0.25, 0.3) is 6.08 Å². The minimum Gasteiger partial charge on any atom is -0.405 e. The first-order valence-corrected chi connectivity index (χ1v) is 7.18. The summed E-state index contributed by atoms with van der Waals surface area (Å²) in [6, 6.07) is 12.7. The molecule has 2 aromatic carbocycles. The van der Waals surface area contributed by atoms with Gasteiger partial charge in [0.2, 0.25) is 0 Å². The van der Waals surface area contributed by atoms with Gasteiger partial charge in [-0.15, -0.1) is 13.2 Å². The highest BCUT2D eigenvalue weighted by Gasteiger charge is 2.31. The van der Waals surface area contributed by atoms with Crippen molar-refractivity contribution >= 4 is 17.7 Å². The first-order chi connectivity index (χ1) is 11.9. The van der Waals surface area contributed by atoms with E-state index in [1.54, 1.807) is 30.3 Å². The molecule has 0 saturated carbocycles. The molecular formula is C17H15F3N2O3. The number of anilines is 1. The molecule has 1 amide bonds. The Morgan fingerprint density at radius 2 is 1.80 bits per heavy atom. The molecule has 0 unspecified atom stereocenters. The van der Waals surface area contributed by atoms with Crippen LogP contribution < -0.4 is 15.5 Å². The lowest BCUT2D eigenvalue weighted by atomic mass is 10.1. The van der Waals surface area contributed by atoms with E-state index in [2.05, 4.69) is 10.1 Å². The number of para-hydroxylation sites is 2. The summed E-state index contributed by atoms with van der Waals surface area (Å²) in [5.41, 5.74) is 3.03. The van der Waals surface area contributed by atoms with Crippen LogP contribution in [0.3, 0.4) is 0 Å². The lowest BCUT2D eigenvalue weighted by Crippen LogP contribution is -2.18. The number of amides is 1. The zero-order valence-electron chi connectivity index (χ0n) is 12.9. The van der Waals surface area contributed by atoms with Crippen LogP contribution in [0, 0.1) is 0 Å². The third kappa shape index (κ3) is 5.85. The highest BCUT2D eigenvalue weighted by atomic mass is 19.4. The molecular weight excluding hydrogens is 337 g/mol. The molecule has 132 valence electrons. The van der Waals surface area contributed by atoms with Crippen LogP contribution in [0.1, 0.15) is 11.1 Å². The number of hydroxylamine groups is 1. The average molecular weight is 352 g/mol. The summed E-state index contributed by atoms with van der Waals surface area (Å²) in [6.45, 7) is 0.0866. The fraction of sp³-hybridized carbons (Fsp3) is 0.118. The second kappa shape index (κ2) is 8.20. The molecule has 0 aliphatic rings. The van der Waals surface area contributed by atoms with E-state index < -0.39 is 12.3 Å². The van der Waals surface area contributed by atoms with Crippen LogP contribution in [-0.2, 0) is 11.3 Å². The lowest BCUT2D eigenvalue weighted by Gasteiger charge is -2.15. The van der Waals surface area contributed by atoms with E-state index in [9.17, 15) is 18.0 Å². The summed E-state index contributed by atoms with van der Waals surface area (Å²) >= 11 is 0. The minimum atomic E-state index is -4.77. The SMILES string of the molecule is O=C(C=Cc1ccccc1NCc1ccccc1OC(F)(F)F)NO. The van der Waals surface area contributed by atoms with Gasteiger partial charge >= 0.3 is 6.36 Å². The van der Waals surface area contributed by atoms with E-state index in [4.69, 9.17) is 5.21 Å². The Hall–Kier alpha value is -3.00. The Bertz CT molecular complexity index is 761. The van der Waals surface area contributed by atoms with Gasteiger partial charge in [0.15, 0.2) is 0 Å². The number of hydrogen-bond acceptors (Lipinski definition) is 4. The fourth-order valence-corrected chi connectivity index (χ4v) is 2.07. The number of ether oxygens (including phenoxy) is 1. The van der Waals surface area contributed by atoms with Crippen molar-refractivity contribution < 1.29 is 27.9 Å². The molecule has 0 aliphatic heterocycles. The van der Waals surface area contributed by atoms with Gasteiger partial charge in [0.25, 0.3) is 5.91 Å². The number of benzene rings is 2. The predicted octanol–water partition coefficient (Wildman–Crippen LogP) is 3.72. The number of halogens is 3.